The minimum atomic E-state index is -0.686. The van der Waals surface area contributed by atoms with Crippen molar-refractivity contribution in [1.29, 1.82) is 0 Å². The summed E-state index contributed by atoms with van der Waals surface area (Å²) in [5.74, 6) is -1.07. The second-order valence-electron chi connectivity index (χ2n) is 2.15. The zero-order valence-corrected chi connectivity index (χ0v) is 7.57. The van der Waals surface area contributed by atoms with E-state index in [9.17, 15) is 9.59 Å². The fourth-order valence-electron chi connectivity index (χ4n) is 0.827. The molecule has 7 heteroatoms. The Morgan fingerprint density at radius 1 is 0.923 bits per heavy atom. The minimum absolute atomic E-state index is 0.104. The van der Waals surface area contributed by atoms with E-state index in [0.717, 1.165) is 0 Å². The SMILES string of the molecule is O=c1sc2c(O)oc(O)c2sc1=O. The van der Waals surface area contributed by atoms with Gasteiger partial charge in [0.2, 0.25) is 0 Å². The van der Waals surface area contributed by atoms with E-state index >= 15 is 0 Å². The molecule has 0 unspecified atom stereocenters. The summed E-state index contributed by atoms with van der Waals surface area (Å²) in [6.07, 6.45) is 0. The highest BCUT2D eigenvalue weighted by Crippen LogP contribution is 2.37. The molecule has 2 heterocycles. The topological polar surface area (TPSA) is 87.7 Å². The molecule has 0 radical (unpaired) electrons. The van der Waals surface area contributed by atoms with Gasteiger partial charge in [-0.2, -0.15) is 0 Å². The smallest absolute Gasteiger partial charge is 0.304 e. The highest BCUT2D eigenvalue weighted by atomic mass is 32.1. The monoisotopic (exact) mass is 218 g/mol. The summed E-state index contributed by atoms with van der Waals surface area (Å²) in [4.78, 5) is 21.8. The van der Waals surface area contributed by atoms with Crippen LogP contribution in [0.5, 0.6) is 11.9 Å². The Balaban J connectivity index is 3.09. The number of rotatable bonds is 0. The van der Waals surface area contributed by atoms with Gasteiger partial charge in [-0.15, -0.1) is 0 Å². The van der Waals surface area contributed by atoms with Gasteiger partial charge < -0.3 is 14.6 Å². The summed E-state index contributed by atoms with van der Waals surface area (Å²) in [5, 5.41) is 18.1. The van der Waals surface area contributed by atoms with E-state index in [1.165, 1.54) is 0 Å². The maximum absolute atomic E-state index is 10.9. The van der Waals surface area contributed by atoms with Gasteiger partial charge in [0, 0.05) is 0 Å². The molecule has 2 N–H and O–H groups in total. The molecule has 0 bridgehead atoms. The molecule has 13 heavy (non-hydrogen) atoms. The standard InChI is InChI=1S/C6H2O5S2/c7-3-1-2(4(8)11-3)13-6(10)5(9)12-1/h7-8H. The van der Waals surface area contributed by atoms with E-state index in [1.807, 2.05) is 0 Å². The van der Waals surface area contributed by atoms with Crippen LogP contribution in [0.3, 0.4) is 0 Å². The van der Waals surface area contributed by atoms with Crippen LogP contribution in [0, 0.1) is 0 Å². The van der Waals surface area contributed by atoms with Gasteiger partial charge in [-0.25, -0.2) is 0 Å². The lowest BCUT2D eigenvalue weighted by atomic mass is 10.6. The predicted octanol–water partition coefficient (Wildman–Crippen LogP) is 0.687. The van der Waals surface area contributed by atoms with Crippen molar-refractivity contribution in [3.8, 4) is 11.9 Å². The van der Waals surface area contributed by atoms with Crippen molar-refractivity contribution in [3.63, 3.8) is 0 Å². The number of hydrogen-bond acceptors (Lipinski definition) is 7. The molecule has 2 aromatic rings. The molecule has 2 aromatic heterocycles. The largest absolute Gasteiger partial charge is 0.480 e. The van der Waals surface area contributed by atoms with Crippen LogP contribution in [-0.4, -0.2) is 10.2 Å². The van der Waals surface area contributed by atoms with Crippen LogP contribution in [0.1, 0.15) is 0 Å². The van der Waals surface area contributed by atoms with Crippen LogP contribution in [0.2, 0.25) is 0 Å². The van der Waals surface area contributed by atoms with E-state index in [4.69, 9.17) is 10.2 Å². The number of aromatic hydroxyl groups is 2. The lowest BCUT2D eigenvalue weighted by molar-refractivity contribution is 0.270. The van der Waals surface area contributed by atoms with Crippen LogP contribution in [0.15, 0.2) is 14.0 Å². The Bertz CT molecular complexity index is 525. The third kappa shape index (κ3) is 1.12. The van der Waals surface area contributed by atoms with Crippen LogP contribution >= 0.6 is 22.7 Å². The molecule has 0 fully saturated rings. The van der Waals surface area contributed by atoms with Crippen molar-refractivity contribution in [2.45, 2.75) is 0 Å². The summed E-state index contributed by atoms with van der Waals surface area (Å²) in [6, 6.07) is 0. The maximum Gasteiger partial charge on any atom is 0.304 e. The maximum atomic E-state index is 10.9. The van der Waals surface area contributed by atoms with Crippen molar-refractivity contribution in [2.75, 3.05) is 0 Å². The molecule has 0 saturated heterocycles. The lowest BCUT2D eigenvalue weighted by Gasteiger charge is -1.81. The predicted molar refractivity (Wildman–Crippen MR) is 47.8 cm³/mol. The first-order chi connectivity index (χ1) is 6.09. The van der Waals surface area contributed by atoms with Crippen LogP contribution in [0.25, 0.3) is 9.40 Å². The fraction of sp³-hybridized carbons (Fsp3) is 0. The van der Waals surface area contributed by atoms with E-state index in [-0.39, 0.29) is 9.40 Å². The molecular weight excluding hydrogens is 216 g/mol. The molecule has 0 aliphatic heterocycles. The van der Waals surface area contributed by atoms with E-state index in [2.05, 4.69) is 4.42 Å². The van der Waals surface area contributed by atoms with Crippen molar-refractivity contribution < 1.29 is 14.6 Å². The van der Waals surface area contributed by atoms with Gasteiger partial charge in [0.1, 0.15) is 9.40 Å². The minimum Gasteiger partial charge on any atom is -0.480 e. The first-order valence-electron chi connectivity index (χ1n) is 3.08. The highest BCUT2D eigenvalue weighted by molar-refractivity contribution is 7.26. The normalized spacial score (nSPS) is 10.8. The van der Waals surface area contributed by atoms with Crippen LogP contribution in [-0.2, 0) is 0 Å². The summed E-state index contributed by atoms with van der Waals surface area (Å²) < 4.78 is 3.26. The zero-order chi connectivity index (χ0) is 9.59. The van der Waals surface area contributed by atoms with Gasteiger partial charge in [-0.1, -0.05) is 22.7 Å². The van der Waals surface area contributed by atoms with Crippen molar-refractivity contribution in [2.24, 2.45) is 0 Å². The Hall–Kier alpha value is -1.34. The molecule has 0 aliphatic carbocycles. The first kappa shape index (κ1) is 8.27. The average molecular weight is 218 g/mol. The molecule has 0 saturated carbocycles. The van der Waals surface area contributed by atoms with Gasteiger partial charge in [-0.3, -0.25) is 9.59 Å². The second-order valence-corrected chi connectivity index (χ2v) is 4.12. The van der Waals surface area contributed by atoms with Gasteiger partial charge in [0.05, 0.1) is 0 Å². The Kier molecular flexibility index (Phi) is 1.64. The zero-order valence-electron chi connectivity index (χ0n) is 5.94. The fourth-order valence-corrected chi connectivity index (χ4v) is 2.48. The van der Waals surface area contributed by atoms with Crippen LogP contribution < -0.4 is 9.48 Å². The number of hydrogen-bond donors (Lipinski definition) is 2. The Morgan fingerprint density at radius 3 is 1.69 bits per heavy atom. The van der Waals surface area contributed by atoms with Gasteiger partial charge in [-0.05, 0) is 0 Å². The number of fused-ring (bicyclic) bond motifs is 1. The Morgan fingerprint density at radius 2 is 1.31 bits per heavy atom. The Labute approximate surface area is 78.1 Å². The molecular formula is C6H2O5S2. The van der Waals surface area contributed by atoms with Crippen molar-refractivity contribution in [1.82, 2.24) is 0 Å². The van der Waals surface area contributed by atoms with Crippen molar-refractivity contribution >= 4 is 32.1 Å². The van der Waals surface area contributed by atoms with Crippen molar-refractivity contribution in [3.05, 3.63) is 19.1 Å². The lowest BCUT2D eigenvalue weighted by Crippen LogP contribution is -2.14. The van der Waals surface area contributed by atoms with E-state index < -0.39 is 21.4 Å². The molecule has 0 spiro atoms. The molecule has 0 atom stereocenters. The molecule has 0 amide bonds. The second kappa shape index (κ2) is 2.57. The summed E-state index contributed by atoms with van der Waals surface area (Å²) in [5.41, 5.74) is 0. The first-order valence-corrected chi connectivity index (χ1v) is 4.71. The molecule has 0 aliphatic rings. The summed E-state index contributed by atoms with van der Waals surface area (Å²) >= 11 is 1.11. The van der Waals surface area contributed by atoms with Gasteiger partial charge in [0.25, 0.3) is 9.48 Å². The molecule has 0 aromatic carbocycles. The summed E-state index contributed by atoms with van der Waals surface area (Å²) in [7, 11) is 0. The van der Waals surface area contributed by atoms with Crippen LogP contribution in [0.4, 0.5) is 0 Å². The van der Waals surface area contributed by atoms with E-state index in [0.29, 0.717) is 22.7 Å². The molecule has 68 valence electrons. The number of furan rings is 1. The quantitative estimate of drug-likeness (QED) is 0.635. The van der Waals surface area contributed by atoms with Gasteiger partial charge >= 0.3 is 11.9 Å². The highest BCUT2D eigenvalue weighted by Gasteiger charge is 2.15. The third-order valence-electron chi connectivity index (χ3n) is 1.34. The molecule has 2 rings (SSSR count). The molecule has 5 nitrogen and oxygen atoms in total. The average Bonchev–Trinajstić information content (AvgIpc) is 2.31. The van der Waals surface area contributed by atoms with E-state index in [1.54, 1.807) is 0 Å². The third-order valence-corrected chi connectivity index (χ3v) is 3.51. The van der Waals surface area contributed by atoms with Gasteiger partial charge in [0.15, 0.2) is 0 Å². The summed E-state index contributed by atoms with van der Waals surface area (Å²) in [6.45, 7) is 0.